The molecule has 0 aliphatic carbocycles. The van der Waals surface area contributed by atoms with E-state index in [-0.39, 0.29) is 18.1 Å². The maximum absolute atomic E-state index is 15.2. The lowest BCUT2D eigenvalue weighted by Gasteiger charge is -2.25. The van der Waals surface area contributed by atoms with Gasteiger partial charge in [-0.05, 0) is 124 Å². The van der Waals surface area contributed by atoms with E-state index in [2.05, 4.69) is 0 Å². The van der Waals surface area contributed by atoms with Crippen LogP contribution in [-0.4, -0.2) is 55.4 Å². The monoisotopic (exact) mass is 593 g/mol. The second-order valence-corrected chi connectivity index (χ2v) is 11.8. The summed E-state index contributed by atoms with van der Waals surface area (Å²) in [5, 5.41) is 15.5. The van der Waals surface area contributed by atoms with E-state index in [9.17, 15) is 9.59 Å². The van der Waals surface area contributed by atoms with Gasteiger partial charge >= 0.3 is 0 Å². The average molecular weight is 594 g/mol. The third-order valence-corrected chi connectivity index (χ3v) is 7.51. The number of ether oxygens (including phenoxy) is 2. The lowest BCUT2D eigenvalue weighted by atomic mass is 9.84. The van der Waals surface area contributed by atoms with Crippen molar-refractivity contribution in [3.05, 3.63) is 75.1 Å². The summed E-state index contributed by atoms with van der Waals surface area (Å²) in [5.41, 5.74) is 8.11. The molecule has 0 saturated carbocycles. The Kier molecular flexibility index (Phi) is 11.1. The third-order valence-electron chi connectivity index (χ3n) is 7.51. The van der Waals surface area contributed by atoms with Gasteiger partial charge < -0.3 is 29.4 Å². The number of hydrogen-bond acceptors (Lipinski definition) is 6. The summed E-state index contributed by atoms with van der Waals surface area (Å²) in [6, 6.07) is 9.00. The average Bonchev–Trinajstić information content (AvgIpc) is 3.39. The molecule has 0 aromatic heterocycles. The minimum absolute atomic E-state index is 0.109. The first-order chi connectivity index (χ1) is 20.3. The molecule has 7 nitrogen and oxygen atoms in total. The Morgan fingerprint density at radius 2 is 1.74 bits per heavy atom. The number of benzene rings is 3. The van der Waals surface area contributed by atoms with Gasteiger partial charge in [-0.15, -0.1) is 0 Å². The largest absolute Gasteiger partial charge is 0.496 e. The van der Waals surface area contributed by atoms with Crippen LogP contribution in [0, 0.1) is 26.6 Å². The van der Waals surface area contributed by atoms with Gasteiger partial charge in [0.05, 0.1) is 19.3 Å². The van der Waals surface area contributed by atoms with Crippen LogP contribution in [0.15, 0.2) is 30.3 Å². The van der Waals surface area contributed by atoms with Crippen molar-refractivity contribution < 1.29 is 33.7 Å². The third kappa shape index (κ3) is 7.43. The molecule has 43 heavy (non-hydrogen) atoms. The van der Waals surface area contributed by atoms with Crippen LogP contribution in [0.25, 0.3) is 11.1 Å². The van der Waals surface area contributed by atoms with Gasteiger partial charge in [-0.25, -0.2) is 4.39 Å². The summed E-state index contributed by atoms with van der Waals surface area (Å²) in [6.45, 7) is 12.1. The Labute approximate surface area is 254 Å². The fourth-order valence-corrected chi connectivity index (χ4v) is 5.63. The summed E-state index contributed by atoms with van der Waals surface area (Å²) < 4.78 is 26.3. The molecule has 232 valence electrons. The number of methoxy groups -OCH3 is 1. The molecule has 0 radical (unpaired) electrons. The van der Waals surface area contributed by atoms with Gasteiger partial charge in [0, 0.05) is 36.9 Å². The summed E-state index contributed by atoms with van der Waals surface area (Å²) in [7, 11) is 2.59. The number of carbonyl (C=O) groups is 2. The fourth-order valence-electron chi connectivity index (χ4n) is 5.63. The molecule has 0 unspecified atom stereocenters. The molecule has 0 spiro atoms. The molecule has 0 fully saturated rings. The zero-order chi connectivity index (χ0) is 32.1. The smallest absolute Gasteiger partial charge is 0.258 e. The first-order valence-corrected chi connectivity index (χ1v) is 14.5. The minimum Gasteiger partial charge on any atom is -0.496 e. The van der Waals surface area contributed by atoms with E-state index in [0.717, 1.165) is 76.4 Å². The molecular formula is C35H44FNO6. The molecule has 2 heterocycles. The number of anilines is 1. The Bertz CT molecular complexity index is 1490. The highest BCUT2D eigenvalue weighted by molar-refractivity contribution is 6.08. The molecule has 2 aliphatic heterocycles. The molecule has 1 amide bonds. The van der Waals surface area contributed by atoms with Gasteiger partial charge in [0.25, 0.3) is 5.91 Å². The maximum Gasteiger partial charge on any atom is 0.258 e. The van der Waals surface area contributed by atoms with Gasteiger partial charge in [-0.1, -0.05) is 6.07 Å². The molecule has 3 aromatic rings. The summed E-state index contributed by atoms with van der Waals surface area (Å²) in [5.74, 6) is 0.521. The fraction of sp³-hybridized carbons (Fsp3) is 0.429. The van der Waals surface area contributed by atoms with Crippen LogP contribution in [0.3, 0.4) is 0 Å². The SMILES string of the molecule is CC(C)(C)O.CO.COc1cc(C(=O)N2CCc3c2cc(C)c(CC=O)c3-c2cc(F)c3c(c2C)CCCO3)ccc1C. The Morgan fingerprint density at radius 3 is 2.37 bits per heavy atom. The van der Waals surface area contributed by atoms with Crippen molar-refractivity contribution >= 4 is 17.9 Å². The van der Waals surface area contributed by atoms with Crippen LogP contribution in [0.5, 0.6) is 11.5 Å². The number of aliphatic hydroxyl groups excluding tert-OH is 1. The molecule has 3 aromatic carbocycles. The van der Waals surface area contributed by atoms with Crippen LogP contribution in [0.4, 0.5) is 10.1 Å². The molecule has 8 heteroatoms. The maximum atomic E-state index is 15.2. The molecule has 2 aliphatic rings. The van der Waals surface area contributed by atoms with E-state index < -0.39 is 5.60 Å². The Balaban J connectivity index is 0.000000657. The number of rotatable bonds is 5. The molecule has 0 bridgehead atoms. The Hall–Kier alpha value is -3.75. The standard InChI is InChI=1S/C30H30FNO4.C4H10O.CH4O/c1-17-7-8-20(15-27(17)35-4)30(34)32-11-9-23-26(32)14-18(2)21(10-12-33)28(23)24-16-25(31)29-22(19(24)3)6-5-13-36-29;1-4(2,3)5;1-2/h7-8,12,14-16H,5-6,9-11,13H2,1-4H3;5H,1-3H3;2H,1H3. The van der Waals surface area contributed by atoms with Crippen molar-refractivity contribution in [3.63, 3.8) is 0 Å². The highest BCUT2D eigenvalue weighted by atomic mass is 19.1. The number of fused-ring (bicyclic) bond motifs is 2. The van der Waals surface area contributed by atoms with Gasteiger partial charge in [0.1, 0.15) is 12.0 Å². The number of halogens is 1. The van der Waals surface area contributed by atoms with Gasteiger partial charge in [-0.2, -0.15) is 0 Å². The van der Waals surface area contributed by atoms with Crippen molar-refractivity contribution in [1.82, 2.24) is 0 Å². The molecule has 0 atom stereocenters. The van der Waals surface area contributed by atoms with E-state index in [1.165, 1.54) is 6.07 Å². The number of amides is 1. The van der Waals surface area contributed by atoms with E-state index in [4.69, 9.17) is 19.7 Å². The number of aliphatic hydroxyl groups is 2. The first-order valence-electron chi connectivity index (χ1n) is 14.5. The second-order valence-electron chi connectivity index (χ2n) is 11.8. The van der Waals surface area contributed by atoms with E-state index in [1.807, 2.05) is 39.0 Å². The number of aldehydes is 1. The number of carbonyl (C=O) groups excluding carboxylic acids is 2. The minimum atomic E-state index is -0.500. The topological polar surface area (TPSA) is 96.3 Å². The summed E-state index contributed by atoms with van der Waals surface area (Å²) in [4.78, 5) is 27.1. The lowest BCUT2D eigenvalue weighted by molar-refractivity contribution is -0.107. The molecule has 5 rings (SSSR count). The van der Waals surface area contributed by atoms with E-state index >= 15 is 4.39 Å². The van der Waals surface area contributed by atoms with Crippen LogP contribution in [0.1, 0.15) is 70.9 Å². The van der Waals surface area contributed by atoms with E-state index in [0.29, 0.717) is 36.6 Å². The molecule has 2 N–H and O–H groups in total. The molecule has 0 saturated heterocycles. The van der Waals surface area contributed by atoms with Crippen LogP contribution in [-0.2, 0) is 24.1 Å². The van der Waals surface area contributed by atoms with Gasteiger partial charge in [0.15, 0.2) is 11.6 Å². The predicted molar refractivity (Wildman–Crippen MR) is 168 cm³/mol. The van der Waals surface area contributed by atoms with Crippen molar-refractivity contribution in [2.24, 2.45) is 0 Å². The lowest BCUT2D eigenvalue weighted by Crippen LogP contribution is -2.29. The van der Waals surface area contributed by atoms with Gasteiger partial charge in [-0.3, -0.25) is 4.79 Å². The normalized spacial score (nSPS) is 13.4. The quantitative estimate of drug-likeness (QED) is 0.348. The van der Waals surface area contributed by atoms with Crippen molar-refractivity contribution in [3.8, 4) is 22.6 Å². The highest BCUT2D eigenvalue weighted by Gasteiger charge is 2.32. The zero-order valence-electron chi connectivity index (χ0n) is 26.6. The van der Waals surface area contributed by atoms with E-state index in [1.54, 1.807) is 38.8 Å². The van der Waals surface area contributed by atoms with Gasteiger partial charge in [0.2, 0.25) is 0 Å². The van der Waals surface area contributed by atoms with Crippen molar-refractivity contribution in [2.45, 2.75) is 72.8 Å². The Morgan fingerprint density at radius 1 is 1.07 bits per heavy atom. The van der Waals surface area contributed by atoms with Crippen molar-refractivity contribution in [1.29, 1.82) is 0 Å². The first kappa shape index (κ1) is 33.7. The highest BCUT2D eigenvalue weighted by Crippen LogP contribution is 2.45. The van der Waals surface area contributed by atoms with Crippen LogP contribution >= 0.6 is 0 Å². The van der Waals surface area contributed by atoms with Crippen LogP contribution in [0.2, 0.25) is 0 Å². The number of hydrogen-bond donors (Lipinski definition) is 2. The number of aryl methyl sites for hydroxylation is 2. The predicted octanol–water partition coefficient (Wildman–Crippen LogP) is 6.08. The van der Waals surface area contributed by atoms with Crippen molar-refractivity contribution in [2.75, 3.05) is 32.3 Å². The molecular weight excluding hydrogens is 549 g/mol. The second kappa shape index (κ2) is 14.1. The summed E-state index contributed by atoms with van der Waals surface area (Å²) in [6.07, 6.45) is 3.34. The number of nitrogens with zero attached hydrogens (tertiary/aromatic N) is 1. The van der Waals surface area contributed by atoms with Crippen LogP contribution < -0.4 is 14.4 Å². The summed E-state index contributed by atoms with van der Waals surface area (Å²) >= 11 is 0. The zero-order valence-corrected chi connectivity index (χ0v) is 26.6.